The van der Waals surface area contributed by atoms with Gasteiger partial charge in [-0.15, -0.1) is 0 Å². The molecule has 70 heavy (non-hydrogen) atoms. The zero-order valence-corrected chi connectivity index (χ0v) is 39.9. The molecule has 0 radical (unpaired) electrons. The summed E-state index contributed by atoms with van der Waals surface area (Å²) in [5, 5.41) is -0.0729. The van der Waals surface area contributed by atoms with Gasteiger partial charge in [-0.05, 0) is 197 Å². The van der Waals surface area contributed by atoms with Gasteiger partial charge in [0.1, 0.15) is 11.3 Å². The number of allylic oxidation sites excluding steroid dienone is 5. The van der Waals surface area contributed by atoms with E-state index in [-0.39, 0.29) is 133 Å². The molecule has 9 aromatic rings. The SMILES string of the molecule is [2H]C1=C([2H])C2C(c3c(C)c([2H])c([2H])c(C)c3C)=C([2H])c3c(oc4cc(C(c5cc6c(c([2H])c5[2H])-c5c(cc([2H])c([2H])c5C)C65c6cc([2H])c([2H])c(C)c6-c6c(C)c([2H])c([2H])c(C)c65)c5c([2H])c([2H])c(-c6c([2H])c([2H])c([2H])c([2H])c6[2H])c([2H])c5[2H])c([2H])c([2H])c34)C2C(C)=C1C. The smallest absolute Gasteiger partial charge is 0.135 e. The van der Waals surface area contributed by atoms with Crippen LogP contribution in [0.1, 0.15) is 153 Å². The van der Waals surface area contributed by atoms with Crippen molar-refractivity contribution < 1.29 is 37.3 Å². The van der Waals surface area contributed by atoms with Crippen LogP contribution in [0.25, 0.3) is 56.0 Å². The van der Waals surface area contributed by atoms with E-state index in [1.165, 1.54) is 24.3 Å². The summed E-state index contributed by atoms with van der Waals surface area (Å²) in [4.78, 5) is 0. The summed E-state index contributed by atoms with van der Waals surface area (Å²) in [6.45, 7) is 15.1. The number of hydrogen-bond acceptors (Lipinski definition) is 1. The molecule has 0 fully saturated rings. The predicted octanol–water partition coefficient (Wildman–Crippen LogP) is 17.9. The third kappa shape index (κ3) is 5.85. The van der Waals surface area contributed by atoms with E-state index in [0.29, 0.717) is 72.3 Å². The summed E-state index contributed by atoms with van der Waals surface area (Å²) in [7, 11) is 0. The maximum absolute atomic E-state index is 10.4. The Hall–Kier alpha value is -7.48. The molecule has 0 bridgehead atoms. The van der Waals surface area contributed by atoms with Gasteiger partial charge in [-0.2, -0.15) is 0 Å². The van der Waals surface area contributed by atoms with Crippen LogP contribution in [0.15, 0.2) is 179 Å². The molecule has 8 aromatic carbocycles. The molecule has 0 saturated carbocycles. The van der Waals surface area contributed by atoms with E-state index in [4.69, 9.17) is 14.0 Å². The molecule has 340 valence electrons. The van der Waals surface area contributed by atoms with Crippen molar-refractivity contribution in [2.75, 3.05) is 0 Å². The van der Waals surface area contributed by atoms with Gasteiger partial charge in [0.2, 0.25) is 0 Å². The molecule has 0 amide bonds. The Morgan fingerprint density at radius 3 is 1.90 bits per heavy atom. The van der Waals surface area contributed by atoms with E-state index in [1.807, 2.05) is 0 Å². The van der Waals surface area contributed by atoms with Crippen molar-refractivity contribution in [3.63, 3.8) is 0 Å². The molecule has 4 aliphatic rings. The highest BCUT2D eigenvalue weighted by Crippen LogP contribution is 2.65. The van der Waals surface area contributed by atoms with Crippen molar-refractivity contribution in [1.29, 1.82) is 0 Å². The zero-order valence-electron chi connectivity index (χ0n) is 63.9. The first-order valence-electron chi connectivity index (χ1n) is 35.3. The highest BCUT2D eigenvalue weighted by atomic mass is 16.3. The number of hydrogen-bond donors (Lipinski definition) is 0. The van der Waals surface area contributed by atoms with Crippen molar-refractivity contribution in [3.8, 4) is 33.4 Å². The van der Waals surface area contributed by atoms with Gasteiger partial charge in [-0.25, -0.2) is 0 Å². The van der Waals surface area contributed by atoms with Crippen LogP contribution in [0, 0.1) is 54.4 Å². The van der Waals surface area contributed by atoms with Crippen LogP contribution in [0.5, 0.6) is 0 Å². The second-order valence-corrected chi connectivity index (χ2v) is 19.0. The van der Waals surface area contributed by atoms with Crippen molar-refractivity contribution in [3.05, 3.63) is 269 Å². The lowest BCUT2D eigenvalue weighted by Crippen LogP contribution is -2.27. The molecule has 1 spiro atoms. The van der Waals surface area contributed by atoms with Crippen LogP contribution in [0.3, 0.4) is 0 Å². The molecule has 0 saturated heterocycles. The fraction of sp³-hybridized carbons (Fsp3) is 0.188. The third-order valence-corrected chi connectivity index (χ3v) is 15.2. The van der Waals surface area contributed by atoms with E-state index >= 15 is 0 Å². The lowest BCUT2D eigenvalue weighted by atomic mass is 9.68. The normalized spacial score (nSPS) is 23.8. The molecule has 0 N–H and O–H groups in total. The van der Waals surface area contributed by atoms with E-state index in [2.05, 4.69) is 0 Å². The molecule has 1 heteroatoms. The van der Waals surface area contributed by atoms with Gasteiger partial charge in [-0.1, -0.05) is 168 Å². The summed E-state index contributed by atoms with van der Waals surface area (Å²) in [6, 6.07) is -6.08. The summed E-state index contributed by atoms with van der Waals surface area (Å²) in [6.07, 6.45) is 0. The Bertz CT molecular complexity index is 5150. The average molecular weight is 927 g/mol. The van der Waals surface area contributed by atoms with Crippen LogP contribution >= 0.6 is 0 Å². The molecule has 0 aliphatic heterocycles. The molecule has 1 nitrogen and oxygen atoms in total. The molecular formula is C69H58O. The molecule has 4 unspecified atom stereocenters. The van der Waals surface area contributed by atoms with Crippen molar-refractivity contribution in [2.45, 2.75) is 79.6 Å². The molecule has 4 aliphatic carbocycles. The summed E-state index contributed by atoms with van der Waals surface area (Å²) in [5.41, 5.74) is 2.13. The molecule has 1 aromatic heterocycles. The third-order valence-electron chi connectivity index (χ3n) is 15.2. The van der Waals surface area contributed by atoms with Crippen LogP contribution in [0.4, 0.5) is 0 Å². The predicted molar refractivity (Wildman–Crippen MR) is 293 cm³/mol. The van der Waals surface area contributed by atoms with E-state index in [9.17, 15) is 23.3 Å². The lowest BCUT2D eigenvalue weighted by Gasteiger charge is -2.35. The van der Waals surface area contributed by atoms with Gasteiger partial charge in [0, 0.05) is 28.7 Å². The Balaban J connectivity index is 1.21. The fourth-order valence-corrected chi connectivity index (χ4v) is 11.8. The minimum Gasteiger partial charge on any atom is -0.460 e. The van der Waals surface area contributed by atoms with E-state index < -0.39 is 118 Å². The Labute approximate surface area is 447 Å². The van der Waals surface area contributed by atoms with Gasteiger partial charge >= 0.3 is 0 Å². The van der Waals surface area contributed by atoms with Gasteiger partial charge < -0.3 is 4.42 Å². The first-order chi connectivity index (χ1) is 44.0. The van der Waals surface area contributed by atoms with Crippen LogP contribution in [0.2, 0.25) is 0 Å². The van der Waals surface area contributed by atoms with Gasteiger partial charge in [0.25, 0.3) is 0 Å². The number of rotatable bonds is 5. The maximum atomic E-state index is 10.4. The van der Waals surface area contributed by atoms with Crippen LogP contribution in [-0.2, 0) is 5.41 Å². The van der Waals surface area contributed by atoms with E-state index in [0.717, 1.165) is 0 Å². The number of benzene rings is 8. The Morgan fingerprint density at radius 2 is 1.14 bits per heavy atom. The summed E-state index contributed by atoms with van der Waals surface area (Å²) in [5.74, 6) is -3.84. The zero-order chi connectivity index (χ0) is 68.8. The standard InChI is InChI=1S/C69H58O/c1-38-21-22-42(5)61(45(38)8)55-37-56-52-33-30-51(36-60(52)70-68(56)65-46(9)39(2)25-32-53(55)65)66(49-28-26-48(27-29-49)47-17-11-10-12-18-47)50-31-34-54-59(35-50)69(57-19-13-15-40(3)62(54)57)58-20-14-16-41(4)63(58)64-43(6)23-24-44(7)67(64)69/h10-37,53,65-66H,1-9H3/i10D,11D,12D,13D,14D,15D,16D,17D,18D,21D,22D,23D,24D,25D,26D,27D,28D,29D,30D,31D,32D,33D,34D,37D. The molecule has 13 rings (SSSR count). The minimum atomic E-state index is -1.93. The summed E-state index contributed by atoms with van der Waals surface area (Å²) >= 11 is 0. The Morgan fingerprint density at radius 1 is 0.529 bits per heavy atom. The quantitative estimate of drug-likeness (QED) is 0.157. The van der Waals surface area contributed by atoms with Gasteiger partial charge in [-0.3, -0.25) is 0 Å². The van der Waals surface area contributed by atoms with Crippen molar-refractivity contribution in [1.82, 2.24) is 0 Å². The first-order valence-corrected chi connectivity index (χ1v) is 23.3. The largest absolute Gasteiger partial charge is 0.460 e. The number of fused-ring (bicyclic) bond motifs is 15. The first kappa shape index (κ1) is 24.4. The van der Waals surface area contributed by atoms with Gasteiger partial charge in [0.15, 0.2) is 0 Å². The molecule has 1 heterocycles. The number of furan rings is 1. The Kier molecular flexibility index (Phi) is 5.40. The lowest BCUT2D eigenvalue weighted by molar-refractivity contribution is 0.482. The highest BCUT2D eigenvalue weighted by molar-refractivity contribution is 6.01. The fourth-order valence-electron chi connectivity index (χ4n) is 11.8. The minimum absolute atomic E-state index is 0.0332. The second kappa shape index (κ2) is 15.5. The van der Waals surface area contributed by atoms with Crippen molar-refractivity contribution >= 4 is 22.6 Å². The second-order valence-electron chi connectivity index (χ2n) is 19.0. The average Bonchev–Trinajstić information content (AvgIpc) is 1.48. The highest BCUT2D eigenvalue weighted by Gasteiger charge is 2.53. The van der Waals surface area contributed by atoms with Crippen LogP contribution in [-0.4, -0.2) is 0 Å². The van der Waals surface area contributed by atoms with Crippen LogP contribution < -0.4 is 0 Å². The molecular weight excluding hydrogens is 845 g/mol. The molecule has 4 atom stereocenters. The van der Waals surface area contributed by atoms with Gasteiger partial charge in [0.05, 0.1) is 38.3 Å². The van der Waals surface area contributed by atoms with E-state index in [1.54, 1.807) is 62.3 Å². The summed E-state index contributed by atoms with van der Waals surface area (Å²) < 4.78 is 234. The monoisotopic (exact) mass is 927 g/mol. The maximum Gasteiger partial charge on any atom is 0.135 e. The van der Waals surface area contributed by atoms with Crippen molar-refractivity contribution in [2.24, 2.45) is 5.92 Å². The topological polar surface area (TPSA) is 13.1 Å².